The number of hydrogen-bond donors (Lipinski definition) is 0. The lowest BCUT2D eigenvalue weighted by Gasteiger charge is -2.36. The van der Waals surface area contributed by atoms with Gasteiger partial charge in [0.1, 0.15) is 34.7 Å². The minimum absolute atomic E-state index is 0.213. The number of nitriles is 1. The molecule has 41 heavy (non-hydrogen) atoms. The Balaban J connectivity index is 1.31. The molecule has 0 aromatic carbocycles. The van der Waals surface area contributed by atoms with Gasteiger partial charge in [0.05, 0.1) is 42.8 Å². The molecule has 0 amide bonds. The van der Waals surface area contributed by atoms with Crippen LogP contribution in [0.25, 0.3) is 16.8 Å². The zero-order valence-corrected chi connectivity index (χ0v) is 22.7. The van der Waals surface area contributed by atoms with Crippen LogP contribution in [0.3, 0.4) is 0 Å². The highest BCUT2D eigenvalue weighted by Gasteiger charge is 2.32. The van der Waals surface area contributed by atoms with Crippen molar-refractivity contribution in [3.63, 3.8) is 0 Å². The molecular weight excluding hydrogens is 537 g/mol. The summed E-state index contributed by atoms with van der Waals surface area (Å²) in [6, 6.07) is 5.58. The van der Waals surface area contributed by atoms with Crippen molar-refractivity contribution in [2.45, 2.75) is 57.5 Å². The molecule has 2 aliphatic heterocycles. The minimum atomic E-state index is -4.53. The van der Waals surface area contributed by atoms with E-state index >= 15 is 0 Å². The lowest BCUT2D eigenvalue weighted by atomic mass is 10.1. The molecule has 0 aliphatic carbocycles. The first kappa shape index (κ1) is 27.2. The van der Waals surface area contributed by atoms with E-state index in [0.29, 0.717) is 28.6 Å². The Morgan fingerprint density at radius 1 is 1.12 bits per heavy atom. The third-order valence-corrected chi connectivity index (χ3v) is 7.97. The van der Waals surface area contributed by atoms with Gasteiger partial charge < -0.3 is 9.47 Å². The van der Waals surface area contributed by atoms with Crippen LogP contribution in [0.4, 0.5) is 13.2 Å². The first-order chi connectivity index (χ1) is 19.7. The van der Waals surface area contributed by atoms with E-state index in [-0.39, 0.29) is 17.2 Å². The highest BCUT2D eigenvalue weighted by atomic mass is 19.4. The molecule has 0 saturated carbocycles. The molecule has 0 N–H and O–H groups in total. The number of fused-ring (bicyclic) bond motifs is 1. The fourth-order valence-corrected chi connectivity index (χ4v) is 5.58. The maximum Gasteiger partial charge on any atom is 0.417 e. The van der Waals surface area contributed by atoms with E-state index in [0.717, 1.165) is 63.5 Å². The fraction of sp³-hybridized carbons (Fsp3) is 0.464. The molecule has 0 spiro atoms. The average Bonchev–Trinajstić information content (AvgIpc) is 3.43. The van der Waals surface area contributed by atoms with Crippen molar-refractivity contribution < 1.29 is 22.6 Å². The van der Waals surface area contributed by atoms with Gasteiger partial charge in [0, 0.05) is 36.3 Å². The van der Waals surface area contributed by atoms with E-state index in [1.54, 1.807) is 19.2 Å². The SMILES string of the molecule is Cc1c(-c2cc(OC(C)c3cncc(C(F)(F)F)c3)c3c(C#N)cnn3c2)nnn1C1CCCN(C2COC2)CC1. The van der Waals surface area contributed by atoms with Gasteiger partial charge in [-0.1, -0.05) is 5.21 Å². The van der Waals surface area contributed by atoms with Crippen molar-refractivity contribution in [3.8, 4) is 23.1 Å². The van der Waals surface area contributed by atoms with E-state index < -0.39 is 17.8 Å². The van der Waals surface area contributed by atoms with Gasteiger partial charge in [-0.15, -0.1) is 5.10 Å². The molecule has 2 atom stereocenters. The molecule has 4 aromatic rings. The molecule has 13 heteroatoms. The second-order valence-electron chi connectivity index (χ2n) is 10.6. The fourth-order valence-electron chi connectivity index (χ4n) is 5.58. The number of aromatic nitrogens is 6. The van der Waals surface area contributed by atoms with Gasteiger partial charge in [0.15, 0.2) is 0 Å². The Labute approximate surface area is 234 Å². The highest BCUT2D eigenvalue weighted by molar-refractivity contribution is 5.74. The van der Waals surface area contributed by atoms with Crippen molar-refractivity contribution in [1.29, 1.82) is 5.26 Å². The normalized spacial score (nSPS) is 19.5. The number of pyridine rings is 2. The molecule has 6 heterocycles. The number of ether oxygens (including phenoxy) is 2. The summed E-state index contributed by atoms with van der Waals surface area (Å²) in [5.41, 5.74) is 2.29. The predicted molar refractivity (Wildman–Crippen MR) is 141 cm³/mol. The topological polar surface area (TPSA) is 106 Å². The summed E-state index contributed by atoms with van der Waals surface area (Å²) in [5, 5.41) is 23.0. The van der Waals surface area contributed by atoms with Gasteiger partial charge in [-0.2, -0.15) is 23.5 Å². The first-order valence-corrected chi connectivity index (χ1v) is 13.6. The molecule has 2 aliphatic rings. The molecule has 10 nitrogen and oxygen atoms in total. The van der Waals surface area contributed by atoms with Gasteiger partial charge in [-0.25, -0.2) is 9.20 Å². The third kappa shape index (κ3) is 5.25. The average molecular weight is 567 g/mol. The van der Waals surface area contributed by atoms with E-state index in [1.165, 1.54) is 16.9 Å². The van der Waals surface area contributed by atoms with Crippen LogP contribution >= 0.6 is 0 Å². The number of halogens is 3. The Morgan fingerprint density at radius 3 is 2.68 bits per heavy atom. The van der Waals surface area contributed by atoms with Gasteiger partial charge >= 0.3 is 6.18 Å². The summed E-state index contributed by atoms with van der Waals surface area (Å²) in [5.74, 6) is 0.295. The molecule has 214 valence electrons. The quantitative estimate of drug-likeness (QED) is 0.329. The first-order valence-electron chi connectivity index (χ1n) is 13.6. The summed E-state index contributed by atoms with van der Waals surface area (Å²) < 4.78 is 54.9. The summed E-state index contributed by atoms with van der Waals surface area (Å²) in [4.78, 5) is 6.25. The van der Waals surface area contributed by atoms with Crippen molar-refractivity contribution >= 4 is 5.52 Å². The molecule has 0 radical (unpaired) electrons. The Hall–Kier alpha value is -4.02. The van der Waals surface area contributed by atoms with E-state index in [1.807, 2.05) is 11.6 Å². The minimum Gasteiger partial charge on any atom is -0.484 e. The highest BCUT2D eigenvalue weighted by Crippen LogP contribution is 2.36. The van der Waals surface area contributed by atoms with Gasteiger partial charge in [0.2, 0.25) is 0 Å². The van der Waals surface area contributed by atoms with Crippen LogP contribution < -0.4 is 4.74 Å². The monoisotopic (exact) mass is 566 g/mol. The van der Waals surface area contributed by atoms with Crippen molar-refractivity contribution in [3.05, 3.63) is 59.3 Å². The van der Waals surface area contributed by atoms with Crippen LogP contribution in [0, 0.1) is 18.3 Å². The number of hydrogen-bond acceptors (Lipinski definition) is 8. The summed E-state index contributed by atoms with van der Waals surface area (Å²) >= 11 is 0. The largest absolute Gasteiger partial charge is 0.484 e. The second kappa shape index (κ2) is 10.8. The maximum absolute atomic E-state index is 13.3. The van der Waals surface area contributed by atoms with Crippen molar-refractivity contribution in [2.24, 2.45) is 0 Å². The Bertz CT molecular complexity index is 1600. The lowest BCUT2D eigenvalue weighted by Crippen LogP contribution is -2.49. The smallest absolute Gasteiger partial charge is 0.417 e. The Kier molecular flexibility index (Phi) is 7.13. The van der Waals surface area contributed by atoms with Crippen LogP contribution in [0.1, 0.15) is 60.7 Å². The summed E-state index contributed by atoms with van der Waals surface area (Å²) in [6.07, 6.45) is 2.99. The number of nitrogens with zero attached hydrogens (tertiary/aromatic N) is 8. The van der Waals surface area contributed by atoms with Crippen LogP contribution in [-0.2, 0) is 10.9 Å². The van der Waals surface area contributed by atoms with E-state index in [2.05, 4.69) is 31.4 Å². The second-order valence-corrected chi connectivity index (χ2v) is 10.6. The van der Waals surface area contributed by atoms with Gasteiger partial charge in [-0.05, 0) is 51.8 Å². The summed E-state index contributed by atoms with van der Waals surface area (Å²) in [7, 11) is 0. The molecule has 6 rings (SSSR count). The molecule has 0 bridgehead atoms. The molecule has 2 unspecified atom stereocenters. The molecular formula is C28H29F3N8O2. The molecule has 4 aromatic heterocycles. The Morgan fingerprint density at radius 2 is 1.95 bits per heavy atom. The third-order valence-electron chi connectivity index (χ3n) is 7.97. The molecule has 2 fully saturated rings. The predicted octanol–water partition coefficient (Wildman–Crippen LogP) is 4.75. The number of likely N-dealkylation sites (tertiary alicyclic amines) is 1. The maximum atomic E-state index is 13.3. The van der Waals surface area contributed by atoms with Crippen LogP contribution in [0.15, 0.2) is 36.9 Å². The van der Waals surface area contributed by atoms with Crippen molar-refractivity contribution in [1.82, 2.24) is 34.5 Å². The zero-order valence-electron chi connectivity index (χ0n) is 22.7. The standard InChI is InChI=1S/C28H29F3N8O2/c1-17-26(35-36-39(17)23-4-3-6-37(7-5-23)24-15-40-16-24)20-9-25(27-21(10-32)12-34-38(27)14-20)41-18(2)19-8-22(13-33-11-19)28(29,30)31/h8-9,11-14,18,23-24H,3-7,15-16H2,1-2H3. The van der Waals surface area contributed by atoms with Gasteiger partial charge in [0.25, 0.3) is 0 Å². The van der Waals surface area contributed by atoms with Crippen LogP contribution in [0.5, 0.6) is 5.75 Å². The lowest BCUT2D eigenvalue weighted by molar-refractivity contribution is -0.137. The number of alkyl halides is 3. The van der Waals surface area contributed by atoms with Crippen LogP contribution in [0.2, 0.25) is 0 Å². The van der Waals surface area contributed by atoms with Crippen molar-refractivity contribution in [2.75, 3.05) is 26.3 Å². The number of rotatable bonds is 6. The van der Waals surface area contributed by atoms with Gasteiger partial charge in [-0.3, -0.25) is 9.88 Å². The van der Waals surface area contributed by atoms with Crippen LogP contribution in [-0.4, -0.2) is 66.8 Å². The van der Waals surface area contributed by atoms with E-state index in [4.69, 9.17) is 9.47 Å². The molecule has 2 saturated heterocycles. The summed E-state index contributed by atoms with van der Waals surface area (Å²) in [6.45, 7) is 7.23. The zero-order chi connectivity index (χ0) is 28.7. The van der Waals surface area contributed by atoms with E-state index in [9.17, 15) is 18.4 Å².